The van der Waals surface area contributed by atoms with Crippen molar-refractivity contribution in [2.24, 2.45) is 23.0 Å². The summed E-state index contributed by atoms with van der Waals surface area (Å²) in [5, 5.41) is 21.5. The molecule has 3 heterocycles. The van der Waals surface area contributed by atoms with Gasteiger partial charge in [-0.05, 0) is 57.2 Å². The number of aromatic hydroxyl groups is 1. The SMILES string of the molecule is C=C1C(C(N)=O)=C(O)C[C@@H]2CC3Cc4c(F)c(CN5CCC6(CC5)CCN(C)C6=O)cc(O)c4C(=O)C3=C3O[C@]132. The molecule has 210 valence electrons. The van der Waals surface area contributed by atoms with Crippen molar-refractivity contribution < 1.29 is 33.7 Å². The fraction of sp³-hybridized carbons (Fsp3) is 0.500. The van der Waals surface area contributed by atoms with Gasteiger partial charge in [0, 0.05) is 54.7 Å². The summed E-state index contributed by atoms with van der Waals surface area (Å²) in [6, 6.07) is 1.34. The number of carbonyl (C=O) groups excluding carboxylic acids is 3. The van der Waals surface area contributed by atoms with E-state index >= 15 is 4.39 Å². The number of aliphatic hydroxyl groups is 1. The Bertz CT molecular complexity index is 1500. The van der Waals surface area contributed by atoms with E-state index in [2.05, 4.69) is 11.5 Å². The second-order valence-electron chi connectivity index (χ2n) is 12.4. The fourth-order valence-electron chi connectivity index (χ4n) is 8.14. The number of ketones is 1. The van der Waals surface area contributed by atoms with Crippen molar-refractivity contribution in [1.29, 1.82) is 0 Å². The number of phenolic OH excluding ortho intramolecular Hbond substituents is 1. The fourth-order valence-corrected chi connectivity index (χ4v) is 8.14. The van der Waals surface area contributed by atoms with E-state index in [-0.39, 0.29) is 76.3 Å². The molecule has 40 heavy (non-hydrogen) atoms. The molecule has 0 radical (unpaired) electrons. The number of primary amides is 1. The molecule has 3 saturated heterocycles. The molecule has 6 aliphatic rings. The molecule has 0 bridgehead atoms. The van der Waals surface area contributed by atoms with E-state index in [1.807, 2.05) is 7.05 Å². The average Bonchev–Trinajstić information content (AvgIpc) is 3.60. The van der Waals surface area contributed by atoms with Crippen molar-refractivity contribution in [3.8, 4) is 5.75 Å². The Morgan fingerprint density at radius 2 is 1.90 bits per heavy atom. The Kier molecular flexibility index (Phi) is 5.18. The number of allylic oxidation sites excluding steroid dienone is 2. The Balaban J connectivity index is 1.17. The topological polar surface area (TPSA) is 137 Å². The predicted molar refractivity (Wildman–Crippen MR) is 140 cm³/mol. The molecule has 1 aromatic carbocycles. The van der Waals surface area contributed by atoms with Crippen LogP contribution in [0.1, 0.15) is 53.6 Å². The third-order valence-electron chi connectivity index (χ3n) is 10.4. The van der Waals surface area contributed by atoms with E-state index < -0.39 is 23.1 Å². The summed E-state index contributed by atoms with van der Waals surface area (Å²) >= 11 is 0. The van der Waals surface area contributed by atoms with Crippen LogP contribution in [-0.4, -0.2) is 69.9 Å². The first-order chi connectivity index (χ1) is 19.0. The van der Waals surface area contributed by atoms with E-state index in [0.29, 0.717) is 36.4 Å². The molecule has 1 aromatic rings. The van der Waals surface area contributed by atoms with Crippen LogP contribution in [0.25, 0.3) is 0 Å². The summed E-state index contributed by atoms with van der Waals surface area (Å²) in [5.74, 6) is -2.21. The molecule has 0 aromatic heterocycles. The minimum atomic E-state index is -1.06. The van der Waals surface area contributed by atoms with Crippen LogP contribution >= 0.6 is 0 Å². The molecule has 1 unspecified atom stereocenters. The van der Waals surface area contributed by atoms with Gasteiger partial charge in [0.25, 0.3) is 5.91 Å². The number of ether oxygens (including phenoxy) is 1. The number of carbonyl (C=O) groups is 3. The molecular weight excluding hydrogens is 517 g/mol. The van der Waals surface area contributed by atoms with Crippen LogP contribution in [0, 0.1) is 23.1 Å². The number of halogens is 1. The maximum atomic E-state index is 16.0. The number of hydrogen-bond donors (Lipinski definition) is 3. The second-order valence-corrected chi connectivity index (χ2v) is 12.4. The highest BCUT2D eigenvalue weighted by Gasteiger charge is 2.69. The van der Waals surface area contributed by atoms with Gasteiger partial charge in [0.2, 0.25) is 5.91 Å². The predicted octanol–water partition coefficient (Wildman–Crippen LogP) is 2.63. The smallest absolute Gasteiger partial charge is 0.252 e. The summed E-state index contributed by atoms with van der Waals surface area (Å²) < 4.78 is 22.0. The van der Waals surface area contributed by atoms with Gasteiger partial charge in [0.15, 0.2) is 17.1 Å². The number of Topliss-reactive ketones (excluding diaryl/α,β-unsaturated/α-hetero) is 1. The molecule has 10 heteroatoms. The standard InChI is InChI=1S/C30H32FN3O6/c1-14-21(27(32)38)20(36)12-17-9-15-10-18-23(25(37)22(15)26-30(14,17)40-26)19(35)11-16(24(18)31)13-34-7-4-29(5-8-34)3-6-33(2)28(29)39/h11,15,17,35-36H,1,3-10,12-13H2,2H3,(H2,32,38)/t15?,17-,30-/m0/s1. The molecule has 7 rings (SSSR count). The van der Waals surface area contributed by atoms with E-state index in [1.165, 1.54) is 6.07 Å². The maximum absolute atomic E-state index is 16.0. The van der Waals surface area contributed by atoms with Crippen molar-refractivity contribution in [3.63, 3.8) is 0 Å². The van der Waals surface area contributed by atoms with Gasteiger partial charge in [0.05, 0.1) is 16.6 Å². The van der Waals surface area contributed by atoms with Crippen molar-refractivity contribution in [1.82, 2.24) is 9.80 Å². The third kappa shape index (κ3) is 3.19. The molecule has 3 atom stereocenters. The van der Waals surface area contributed by atoms with Crippen molar-refractivity contribution in [2.45, 2.75) is 50.7 Å². The van der Waals surface area contributed by atoms with Gasteiger partial charge in [-0.15, -0.1) is 0 Å². The van der Waals surface area contributed by atoms with Crippen LogP contribution in [0.3, 0.4) is 0 Å². The summed E-state index contributed by atoms with van der Waals surface area (Å²) in [6.07, 6.45) is 3.09. The summed E-state index contributed by atoms with van der Waals surface area (Å²) in [7, 11) is 1.83. The van der Waals surface area contributed by atoms with E-state index in [1.54, 1.807) is 4.90 Å². The Morgan fingerprint density at radius 1 is 1.20 bits per heavy atom. The number of rotatable bonds is 3. The van der Waals surface area contributed by atoms with E-state index in [0.717, 1.165) is 25.8 Å². The minimum Gasteiger partial charge on any atom is -0.511 e. The number of epoxide rings is 1. The van der Waals surface area contributed by atoms with Gasteiger partial charge in [-0.1, -0.05) is 6.58 Å². The number of hydrogen-bond acceptors (Lipinski definition) is 7. The first-order valence-corrected chi connectivity index (χ1v) is 13.9. The molecule has 3 fully saturated rings. The largest absolute Gasteiger partial charge is 0.511 e. The maximum Gasteiger partial charge on any atom is 0.252 e. The van der Waals surface area contributed by atoms with Crippen LogP contribution in [0.15, 0.2) is 40.9 Å². The highest BCUT2D eigenvalue weighted by molar-refractivity contribution is 6.14. The zero-order valence-corrected chi connectivity index (χ0v) is 22.4. The Morgan fingerprint density at radius 3 is 2.55 bits per heavy atom. The van der Waals surface area contributed by atoms with Gasteiger partial charge in [-0.25, -0.2) is 4.39 Å². The molecule has 2 spiro atoms. The molecular formula is C30H32FN3O6. The van der Waals surface area contributed by atoms with E-state index in [4.69, 9.17) is 10.5 Å². The number of aliphatic hydroxyl groups excluding tert-OH is 1. The Labute approximate surface area is 230 Å². The molecule has 3 aliphatic carbocycles. The zero-order valence-electron chi connectivity index (χ0n) is 22.4. The van der Waals surface area contributed by atoms with Gasteiger partial charge in [-0.3, -0.25) is 19.3 Å². The first kappa shape index (κ1) is 25.3. The normalized spacial score (nSPS) is 30.6. The monoisotopic (exact) mass is 549 g/mol. The highest BCUT2D eigenvalue weighted by atomic mass is 19.1. The quantitative estimate of drug-likeness (QED) is 0.493. The number of amides is 2. The molecule has 0 saturated carbocycles. The lowest BCUT2D eigenvalue weighted by molar-refractivity contribution is -0.137. The number of fused-ring (bicyclic) bond motifs is 2. The summed E-state index contributed by atoms with van der Waals surface area (Å²) in [5.41, 5.74) is 5.14. The highest BCUT2D eigenvalue weighted by Crippen LogP contribution is 2.65. The lowest BCUT2D eigenvalue weighted by atomic mass is 9.62. The van der Waals surface area contributed by atoms with Crippen LogP contribution in [0.5, 0.6) is 5.75 Å². The van der Waals surface area contributed by atoms with Crippen molar-refractivity contribution >= 4 is 17.6 Å². The van der Waals surface area contributed by atoms with Gasteiger partial charge in [0.1, 0.15) is 17.3 Å². The van der Waals surface area contributed by atoms with Gasteiger partial charge in [-0.2, -0.15) is 0 Å². The summed E-state index contributed by atoms with van der Waals surface area (Å²) in [6.45, 7) is 6.34. The number of phenols is 1. The molecule has 3 aliphatic heterocycles. The number of nitrogens with two attached hydrogens (primary N) is 1. The lowest BCUT2D eigenvalue weighted by Gasteiger charge is -2.38. The average molecular weight is 550 g/mol. The van der Waals surface area contributed by atoms with Crippen LogP contribution in [0.2, 0.25) is 0 Å². The number of piperidine rings is 1. The molecule has 9 nitrogen and oxygen atoms in total. The van der Waals surface area contributed by atoms with Crippen LogP contribution in [-0.2, 0) is 27.3 Å². The first-order valence-electron chi connectivity index (χ1n) is 13.9. The second kappa shape index (κ2) is 8.19. The van der Waals surface area contributed by atoms with Crippen molar-refractivity contribution in [3.05, 3.63) is 63.4 Å². The van der Waals surface area contributed by atoms with E-state index in [9.17, 15) is 24.6 Å². The third-order valence-corrected chi connectivity index (χ3v) is 10.4. The van der Waals surface area contributed by atoms with Gasteiger partial charge >= 0.3 is 0 Å². The van der Waals surface area contributed by atoms with Gasteiger partial charge < -0.3 is 25.6 Å². The molecule has 4 N–H and O–H groups in total. The van der Waals surface area contributed by atoms with Crippen molar-refractivity contribution in [2.75, 3.05) is 26.7 Å². The summed E-state index contributed by atoms with van der Waals surface area (Å²) in [4.78, 5) is 42.3. The number of nitrogens with zero attached hydrogens (tertiary/aromatic N) is 2. The van der Waals surface area contributed by atoms with Crippen LogP contribution in [0.4, 0.5) is 4.39 Å². The Hall–Kier alpha value is -3.66. The number of benzene rings is 1. The zero-order chi connectivity index (χ0) is 28.3. The van der Waals surface area contributed by atoms with Crippen LogP contribution < -0.4 is 5.73 Å². The lowest BCUT2D eigenvalue weighted by Crippen LogP contribution is -2.44. The number of likely N-dealkylation sites (tertiary alicyclic amines) is 2. The molecule has 2 amide bonds. The minimum absolute atomic E-state index is 0.0452.